The number of hydrogen-bond donors (Lipinski definition) is 2. The molecule has 15 heteroatoms. The number of carbonyl (C=O) groups excluding carboxylic acids is 2. The maximum Gasteiger partial charge on any atom is 0.414 e. The van der Waals surface area contributed by atoms with Gasteiger partial charge in [-0.15, -0.1) is 0 Å². The lowest BCUT2D eigenvalue weighted by molar-refractivity contribution is 0.124. The van der Waals surface area contributed by atoms with Gasteiger partial charge < -0.3 is 34.2 Å². The monoisotopic (exact) mass is 575 g/mol. The van der Waals surface area contributed by atoms with Crippen molar-refractivity contribution in [1.82, 2.24) is 35.1 Å². The van der Waals surface area contributed by atoms with Crippen LogP contribution in [0.5, 0.6) is 11.8 Å². The number of nitrogens with zero attached hydrogens (tertiary/aromatic N) is 7. The molecule has 0 radical (unpaired) electrons. The zero-order valence-electron chi connectivity index (χ0n) is 23.7. The molecule has 2 aliphatic heterocycles. The van der Waals surface area contributed by atoms with Crippen molar-refractivity contribution in [3.8, 4) is 11.8 Å². The summed E-state index contributed by atoms with van der Waals surface area (Å²) in [5, 5.41) is 5.53. The van der Waals surface area contributed by atoms with E-state index in [2.05, 4.69) is 35.5 Å². The molecule has 2 aliphatic rings. The van der Waals surface area contributed by atoms with E-state index in [-0.39, 0.29) is 36.7 Å². The topological polar surface area (TPSA) is 147 Å². The van der Waals surface area contributed by atoms with Crippen molar-refractivity contribution < 1.29 is 28.2 Å². The summed E-state index contributed by atoms with van der Waals surface area (Å²) < 4.78 is 30.8. The zero-order valence-corrected chi connectivity index (χ0v) is 23.7. The van der Waals surface area contributed by atoms with Crippen LogP contribution in [0.25, 0.3) is 0 Å². The summed E-state index contributed by atoms with van der Waals surface area (Å²) in [7, 11) is 3.20. The first-order valence-electron chi connectivity index (χ1n) is 13.8. The molecule has 2 fully saturated rings. The van der Waals surface area contributed by atoms with Crippen molar-refractivity contribution in [2.45, 2.75) is 44.4 Å². The van der Waals surface area contributed by atoms with Gasteiger partial charge in [-0.2, -0.15) is 4.98 Å². The largest absolute Gasteiger partial charge is 0.477 e. The maximum atomic E-state index is 15.0. The lowest BCUT2D eigenvalue weighted by atomic mass is 10.0. The van der Waals surface area contributed by atoms with Crippen molar-refractivity contribution in [1.29, 1.82) is 0 Å². The van der Waals surface area contributed by atoms with Crippen LogP contribution in [0.1, 0.15) is 26.2 Å². The minimum absolute atomic E-state index is 0.0159. The Balaban J connectivity index is 1.30. The number of alkyl halides is 1. The molecule has 14 nitrogen and oxygen atoms in total. The van der Waals surface area contributed by atoms with Gasteiger partial charge in [-0.3, -0.25) is 5.32 Å². The molecule has 3 amide bonds. The highest BCUT2D eigenvalue weighted by Crippen LogP contribution is 2.24. The molecule has 0 bridgehead atoms. The van der Waals surface area contributed by atoms with Crippen LogP contribution < -0.4 is 25.0 Å². The van der Waals surface area contributed by atoms with Crippen molar-refractivity contribution in [2.24, 2.45) is 0 Å². The number of halogens is 1. The van der Waals surface area contributed by atoms with Crippen LogP contribution in [-0.4, -0.2) is 120 Å². The molecule has 41 heavy (non-hydrogen) atoms. The summed E-state index contributed by atoms with van der Waals surface area (Å²) in [6, 6.07) is 0.206. The number of ether oxygens (including phenoxy) is 3. The first-order valence-corrected chi connectivity index (χ1v) is 13.8. The summed E-state index contributed by atoms with van der Waals surface area (Å²) in [6.07, 6.45) is 4.23. The van der Waals surface area contributed by atoms with Crippen molar-refractivity contribution >= 4 is 23.9 Å². The average Bonchev–Trinajstić information content (AvgIpc) is 2.98. The van der Waals surface area contributed by atoms with Gasteiger partial charge in [0.2, 0.25) is 17.7 Å². The predicted molar refractivity (Wildman–Crippen MR) is 148 cm³/mol. The van der Waals surface area contributed by atoms with Crippen LogP contribution in [0.2, 0.25) is 0 Å². The Kier molecular flexibility index (Phi) is 10.8. The van der Waals surface area contributed by atoms with Crippen molar-refractivity contribution in [2.75, 3.05) is 70.3 Å². The van der Waals surface area contributed by atoms with Crippen LogP contribution in [0.4, 0.5) is 25.7 Å². The van der Waals surface area contributed by atoms with Crippen LogP contribution >= 0.6 is 0 Å². The van der Waals surface area contributed by atoms with Gasteiger partial charge in [0.1, 0.15) is 6.17 Å². The Morgan fingerprint density at radius 1 is 1.12 bits per heavy atom. The van der Waals surface area contributed by atoms with E-state index in [1.165, 1.54) is 36.6 Å². The van der Waals surface area contributed by atoms with Crippen LogP contribution in [-0.2, 0) is 4.74 Å². The first-order chi connectivity index (χ1) is 19.9. The summed E-state index contributed by atoms with van der Waals surface area (Å²) in [5.41, 5.74) is 0. The lowest BCUT2D eigenvalue weighted by Gasteiger charge is -2.39. The van der Waals surface area contributed by atoms with Gasteiger partial charge in [-0.25, -0.2) is 28.9 Å². The molecule has 2 atom stereocenters. The van der Waals surface area contributed by atoms with Gasteiger partial charge in [0.25, 0.3) is 0 Å². The summed E-state index contributed by atoms with van der Waals surface area (Å²) in [4.78, 5) is 47.6. The maximum absolute atomic E-state index is 15.0. The molecule has 2 saturated heterocycles. The number of anilines is 2. The number of piperidine rings is 2. The average molecular weight is 576 g/mol. The van der Waals surface area contributed by atoms with E-state index >= 15 is 0 Å². The molecule has 0 spiro atoms. The Morgan fingerprint density at radius 2 is 1.93 bits per heavy atom. The molecule has 0 aromatic carbocycles. The number of nitrogens with one attached hydrogen (secondary N) is 2. The van der Waals surface area contributed by atoms with E-state index in [9.17, 15) is 14.0 Å². The summed E-state index contributed by atoms with van der Waals surface area (Å²) >= 11 is 0. The summed E-state index contributed by atoms with van der Waals surface area (Å²) in [5.74, 6) is 0.929. The number of methoxy groups -OCH3 is 1. The van der Waals surface area contributed by atoms with Gasteiger partial charge in [0, 0.05) is 65.2 Å². The Morgan fingerprint density at radius 3 is 2.63 bits per heavy atom. The highest BCUT2D eigenvalue weighted by atomic mass is 19.1. The predicted octanol–water partition coefficient (Wildman–Crippen LogP) is 1.95. The van der Waals surface area contributed by atoms with Gasteiger partial charge in [0.15, 0.2) is 5.82 Å². The molecule has 2 N–H and O–H groups in total. The third-order valence-corrected chi connectivity index (χ3v) is 7.09. The number of amides is 3. The second kappa shape index (κ2) is 14.7. The molecule has 2 aromatic rings. The molecule has 4 rings (SSSR count). The fourth-order valence-electron chi connectivity index (χ4n) is 4.76. The second-order valence-electron chi connectivity index (χ2n) is 9.87. The minimum atomic E-state index is -1.25. The number of likely N-dealkylation sites (N-methyl/N-ethyl adjacent to an activating group) is 1. The van der Waals surface area contributed by atoms with E-state index in [1.54, 1.807) is 12.0 Å². The summed E-state index contributed by atoms with van der Waals surface area (Å²) in [6.45, 7) is 6.06. The van der Waals surface area contributed by atoms with Crippen molar-refractivity contribution in [3.05, 3.63) is 24.7 Å². The highest BCUT2D eigenvalue weighted by molar-refractivity contribution is 5.88. The lowest BCUT2D eigenvalue weighted by Crippen LogP contribution is -2.55. The third kappa shape index (κ3) is 8.57. The van der Waals surface area contributed by atoms with Gasteiger partial charge in [-0.05, 0) is 26.2 Å². The van der Waals surface area contributed by atoms with E-state index < -0.39 is 24.3 Å². The standard InChI is InChI=1S/C26H38FN9O5/c1-4-40-23-16-29-21(15-30-23)32-25(37)34(2)20-17-36(12-8-19(20)27)24-28-9-5-22(33-24)41-26(38)31-18-6-10-35(11-7-18)13-14-39-3/h5,9,15-16,18-20H,4,6-8,10-14,17H2,1-3H3,(H,31,38)(H,29,32,37)/t19-,20+/m1/s1. The smallest absolute Gasteiger partial charge is 0.414 e. The number of carbonyl (C=O) groups is 2. The van der Waals surface area contributed by atoms with Crippen LogP contribution in [0, 0.1) is 0 Å². The minimum Gasteiger partial charge on any atom is -0.477 e. The molecule has 0 saturated carbocycles. The number of urea groups is 1. The zero-order chi connectivity index (χ0) is 29.2. The Labute approximate surface area is 238 Å². The number of aromatic nitrogens is 4. The molecule has 224 valence electrons. The SMILES string of the molecule is CCOc1cnc(NC(=O)N(C)[C@H]2CN(c3nccc(OC(=O)NC4CCN(CCOC)CC4)n3)CC[C@H]2F)cn1. The fourth-order valence-corrected chi connectivity index (χ4v) is 4.76. The first kappa shape index (κ1) is 30.1. The third-order valence-electron chi connectivity index (χ3n) is 7.09. The quantitative estimate of drug-likeness (QED) is 0.428. The normalized spacial score (nSPS) is 19.9. The van der Waals surface area contributed by atoms with E-state index in [1.807, 2.05) is 6.92 Å². The van der Waals surface area contributed by atoms with Crippen molar-refractivity contribution in [3.63, 3.8) is 0 Å². The molecular formula is C26H38FN9O5. The molecule has 2 aromatic heterocycles. The Bertz CT molecular complexity index is 1140. The van der Waals surface area contributed by atoms with Gasteiger partial charge in [-0.1, -0.05) is 0 Å². The van der Waals surface area contributed by atoms with E-state index in [4.69, 9.17) is 14.2 Å². The van der Waals surface area contributed by atoms with Gasteiger partial charge >= 0.3 is 12.1 Å². The highest BCUT2D eigenvalue weighted by Gasteiger charge is 2.35. The van der Waals surface area contributed by atoms with Crippen LogP contribution in [0.15, 0.2) is 24.7 Å². The fraction of sp³-hybridized carbons (Fsp3) is 0.615. The van der Waals surface area contributed by atoms with E-state index in [0.717, 1.165) is 32.5 Å². The molecule has 0 unspecified atom stereocenters. The number of likely N-dealkylation sites (tertiary alicyclic amines) is 1. The Hall–Kier alpha value is -3.85. The molecular weight excluding hydrogens is 537 g/mol. The second-order valence-corrected chi connectivity index (χ2v) is 9.87. The molecule has 0 aliphatic carbocycles. The molecule has 4 heterocycles. The van der Waals surface area contributed by atoms with E-state index in [0.29, 0.717) is 25.6 Å². The number of rotatable bonds is 10. The number of hydrogen-bond acceptors (Lipinski definition) is 11. The van der Waals surface area contributed by atoms with Gasteiger partial charge in [0.05, 0.1) is 31.6 Å². The van der Waals surface area contributed by atoms with Crippen LogP contribution in [0.3, 0.4) is 0 Å².